The number of thioether (sulfide) groups is 1. The monoisotopic (exact) mass is 264 g/mol. The van der Waals surface area contributed by atoms with E-state index in [-0.39, 0.29) is 5.97 Å². The molecule has 0 radical (unpaired) electrons. The maximum absolute atomic E-state index is 11.7. The lowest BCUT2D eigenvalue weighted by atomic mass is 9.97. The Morgan fingerprint density at radius 1 is 1.39 bits per heavy atom. The molecule has 1 saturated heterocycles. The van der Waals surface area contributed by atoms with Gasteiger partial charge in [0.2, 0.25) is 0 Å². The smallest absolute Gasteiger partial charge is 0.316 e. The van der Waals surface area contributed by atoms with E-state index in [1.165, 1.54) is 18.9 Å². The zero-order chi connectivity index (χ0) is 13.1. The van der Waals surface area contributed by atoms with Crippen LogP contribution in [0.1, 0.15) is 12.5 Å². The molecule has 0 amide bonds. The SMILES string of the molecule is COC(=O)C1/C(=C(\C)c2ccccc2)SCC1O. The first-order chi connectivity index (χ1) is 8.65. The van der Waals surface area contributed by atoms with Crippen LogP contribution in [0.25, 0.3) is 5.57 Å². The zero-order valence-electron chi connectivity index (χ0n) is 10.4. The molecule has 2 unspecified atom stereocenters. The first kappa shape index (κ1) is 13.2. The number of ether oxygens (including phenoxy) is 1. The minimum absolute atomic E-state index is 0.363. The summed E-state index contributed by atoms with van der Waals surface area (Å²) < 4.78 is 4.77. The number of hydrogen-bond donors (Lipinski definition) is 1. The van der Waals surface area contributed by atoms with Gasteiger partial charge in [0.25, 0.3) is 0 Å². The molecule has 0 spiro atoms. The summed E-state index contributed by atoms with van der Waals surface area (Å²) in [5.74, 6) is -0.364. The Balaban J connectivity index is 2.39. The van der Waals surface area contributed by atoms with Crippen molar-refractivity contribution < 1.29 is 14.6 Å². The van der Waals surface area contributed by atoms with Crippen LogP contribution in [0.3, 0.4) is 0 Å². The van der Waals surface area contributed by atoms with Crippen LogP contribution >= 0.6 is 11.8 Å². The van der Waals surface area contributed by atoms with E-state index in [4.69, 9.17) is 4.74 Å². The molecule has 2 rings (SSSR count). The van der Waals surface area contributed by atoms with Crippen molar-refractivity contribution in [2.45, 2.75) is 13.0 Å². The summed E-state index contributed by atoms with van der Waals surface area (Å²) >= 11 is 1.53. The number of rotatable bonds is 2. The fourth-order valence-corrected chi connectivity index (χ4v) is 3.41. The summed E-state index contributed by atoms with van der Waals surface area (Å²) in [7, 11) is 1.35. The average Bonchev–Trinajstić information content (AvgIpc) is 2.80. The Labute approximate surface area is 111 Å². The average molecular weight is 264 g/mol. The molecule has 1 N–H and O–H groups in total. The fourth-order valence-electron chi connectivity index (χ4n) is 2.10. The van der Waals surface area contributed by atoms with Crippen molar-refractivity contribution in [1.29, 1.82) is 0 Å². The van der Waals surface area contributed by atoms with Crippen LogP contribution in [-0.2, 0) is 9.53 Å². The van der Waals surface area contributed by atoms with E-state index in [9.17, 15) is 9.90 Å². The van der Waals surface area contributed by atoms with Crippen LogP contribution in [0.5, 0.6) is 0 Å². The van der Waals surface area contributed by atoms with Gasteiger partial charge in [-0.05, 0) is 18.1 Å². The quantitative estimate of drug-likeness (QED) is 0.833. The third kappa shape index (κ3) is 2.44. The van der Waals surface area contributed by atoms with Crippen molar-refractivity contribution in [2.75, 3.05) is 12.9 Å². The third-order valence-electron chi connectivity index (χ3n) is 3.11. The van der Waals surface area contributed by atoms with Crippen molar-refractivity contribution in [3.05, 3.63) is 40.8 Å². The number of allylic oxidation sites excluding steroid dienone is 1. The summed E-state index contributed by atoms with van der Waals surface area (Å²) in [6.45, 7) is 1.98. The van der Waals surface area contributed by atoms with E-state index >= 15 is 0 Å². The second-order valence-corrected chi connectivity index (χ2v) is 5.30. The van der Waals surface area contributed by atoms with Gasteiger partial charge in [-0.25, -0.2) is 0 Å². The maximum atomic E-state index is 11.7. The van der Waals surface area contributed by atoms with Crippen LogP contribution in [0.15, 0.2) is 35.2 Å². The lowest BCUT2D eigenvalue weighted by Gasteiger charge is -2.15. The summed E-state index contributed by atoms with van der Waals surface area (Å²) in [5.41, 5.74) is 2.11. The van der Waals surface area contributed by atoms with E-state index in [0.29, 0.717) is 5.75 Å². The Morgan fingerprint density at radius 2 is 2.06 bits per heavy atom. The standard InChI is InChI=1S/C14H16O3S/c1-9(10-6-4-3-5-7-10)13-12(14(16)17-2)11(15)8-18-13/h3-7,11-12,15H,8H2,1-2H3/b13-9-. The number of hydrogen-bond acceptors (Lipinski definition) is 4. The molecule has 3 nitrogen and oxygen atoms in total. The molecule has 1 aliphatic heterocycles. The number of aliphatic hydroxyl groups is 1. The number of esters is 1. The van der Waals surface area contributed by atoms with E-state index in [0.717, 1.165) is 16.0 Å². The molecular formula is C14H16O3S. The lowest BCUT2D eigenvalue weighted by molar-refractivity contribution is -0.146. The molecule has 1 heterocycles. The van der Waals surface area contributed by atoms with Gasteiger partial charge >= 0.3 is 5.97 Å². The minimum atomic E-state index is -0.656. The highest BCUT2D eigenvalue weighted by atomic mass is 32.2. The van der Waals surface area contributed by atoms with Crippen molar-refractivity contribution in [2.24, 2.45) is 5.92 Å². The summed E-state index contributed by atoms with van der Waals surface area (Å²) in [5, 5.41) is 9.90. The number of benzene rings is 1. The zero-order valence-corrected chi connectivity index (χ0v) is 11.2. The number of carbonyl (C=O) groups excluding carboxylic acids is 1. The van der Waals surface area contributed by atoms with E-state index in [2.05, 4.69) is 0 Å². The molecule has 0 aromatic heterocycles. The predicted octanol–water partition coefficient (Wildman–Crippen LogP) is 2.31. The van der Waals surface area contributed by atoms with Gasteiger partial charge in [0.1, 0.15) is 5.92 Å². The summed E-state index contributed by atoms with van der Waals surface area (Å²) in [6.07, 6.45) is -0.656. The Kier molecular flexibility index (Phi) is 4.09. The molecular weight excluding hydrogens is 248 g/mol. The third-order valence-corrected chi connectivity index (χ3v) is 4.49. The van der Waals surface area contributed by atoms with Crippen LogP contribution in [0.4, 0.5) is 0 Å². The topological polar surface area (TPSA) is 46.5 Å². The molecule has 18 heavy (non-hydrogen) atoms. The predicted molar refractivity (Wildman–Crippen MR) is 73.0 cm³/mol. The number of aliphatic hydroxyl groups excluding tert-OH is 1. The Bertz CT molecular complexity index is 467. The normalized spacial score (nSPS) is 25.9. The molecule has 1 aromatic carbocycles. The van der Waals surface area contributed by atoms with Gasteiger partial charge in [-0.3, -0.25) is 4.79 Å². The first-order valence-electron chi connectivity index (χ1n) is 5.80. The van der Waals surface area contributed by atoms with Crippen LogP contribution in [0, 0.1) is 5.92 Å². The van der Waals surface area contributed by atoms with Crippen molar-refractivity contribution >= 4 is 23.3 Å². The minimum Gasteiger partial charge on any atom is -0.468 e. The van der Waals surface area contributed by atoms with E-state index in [1.807, 2.05) is 37.3 Å². The van der Waals surface area contributed by atoms with E-state index < -0.39 is 12.0 Å². The van der Waals surface area contributed by atoms with Gasteiger partial charge in [0, 0.05) is 10.7 Å². The van der Waals surface area contributed by atoms with E-state index in [1.54, 1.807) is 0 Å². The van der Waals surface area contributed by atoms with Gasteiger partial charge < -0.3 is 9.84 Å². The molecule has 0 saturated carbocycles. The lowest BCUT2D eigenvalue weighted by Crippen LogP contribution is -2.27. The maximum Gasteiger partial charge on any atom is 0.316 e. The molecule has 1 aliphatic rings. The molecule has 96 valence electrons. The number of carbonyl (C=O) groups is 1. The number of methoxy groups -OCH3 is 1. The molecule has 1 aromatic rings. The summed E-state index contributed by atoms with van der Waals surface area (Å²) in [6, 6.07) is 9.88. The van der Waals surface area contributed by atoms with Gasteiger partial charge in [0.05, 0.1) is 13.2 Å². The Hall–Kier alpha value is -1.26. The Morgan fingerprint density at radius 3 is 2.67 bits per heavy atom. The first-order valence-corrected chi connectivity index (χ1v) is 6.78. The second kappa shape index (κ2) is 5.59. The van der Waals surface area contributed by atoms with Crippen molar-refractivity contribution in [3.8, 4) is 0 Å². The molecule has 1 fully saturated rings. The van der Waals surface area contributed by atoms with Gasteiger partial charge in [-0.2, -0.15) is 0 Å². The van der Waals surface area contributed by atoms with Crippen LogP contribution < -0.4 is 0 Å². The molecule has 4 heteroatoms. The highest BCUT2D eigenvalue weighted by Crippen LogP contribution is 2.41. The molecule has 0 aliphatic carbocycles. The molecule has 2 atom stereocenters. The van der Waals surface area contributed by atoms with Crippen LogP contribution in [0.2, 0.25) is 0 Å². The van der Waals surface area contributed by atoms with Gasteiger partial charge in [-0.1, -0.05) is 30.3 Å². The largest absolute Gasteiger partial charge is 0.468 e. The fraction of sp³-hybridized carbons (Fsp3) is 0.357. The van der Waals surface area contributed by atoms with Gasteiger partial charge in [0.15, 0.2) is 0 Å². The highest BCUT2D eigenvalue weighted by Gasteiger charge is 2.38. The van der Waals surface area contributed by atoms with Gasteiger partial charge in [-0.15, -0.1) is 11.8 Å². The van der Waals surface area contributed by atoms with Crippen molar-refractivity contribution in [3.63, 3.8) is 0 Å². The summed E-state index contributed by atoms with van der Waals surface area (Å²) in [4.78, 5) is 12.7. The van der Waals surface area contributed by atoms with Crippen molar-refractivity contribution in [1.82, 2.24) is 0 Å². The molecule has 0 bridgehead atoms. The highest BCUT2D eigenvalue weighted by molar-refractivity contribution is 8.03. The second-order valence-electron chi connectivity index (χ2n) is 4.23. The van der Waals surface area contributed by atoms with Crippen LogP contribution in [-0.4, -0.2) is 30.0 Å².